The van der Waals surface area contributed by atoms with Gasteiger partial charge in [-0.2, -0.15) is 0 Å². The molecule has 4 rings (SSSR count). The van der Waals surface area contributed by atoms with Crippen LogP contribution in [0.3, 0.4) is 0 Å². The number of rotatable bonds is 7. The standard InChI is InChI=1S/C26H23N3O5S/c1-16-6-8-17(9-7-16)13-27-25(32)19-4-2-3-5-20(19)28-23(30)14-34-26(33)18-10-11-22-21(12-18)29-24(31)15-35-22/h2-12H,13-15H2,1H3,(H,27,32)(H,28,30)(H,29,31). The van der Waals surface area contributed by atoms with E-state index in [1.54, 1.807) is 36.4 Å². The number of thioether (sulfide) groups is 1. The largest absolute Gasteiger partial charge is 0.452 e. The molecule has 1 heterocycles. The molecule has 1 aliphatic heterocycles. The molecule has 35 heavy (non-hydrogen) atoms. The van der Waals surface area contributed by atoms with Crippen LogP contribution in [0.2, 0.25) is 0 Å². The van der Waals surface area contributed by atoms with Crippen LogP contribution < -0.4 is 16.0 Å². The summed E-state index contributed by atoms with van der Waals surface area (Å²) in [7, 11) is 0. The van der Waals surface area contributed by atoms with Gasteiger partial charge in [0.25, 0.3) is 11.8 Å². The summed E-state index contributed by atoms with van der Waals surface area (Å²) in [5.41, 5.74) is 3.44. The van der Waals surface area contributed by atoms with Crippen molar-refractivity contribution in [1.82, 2.24) is 5.32 Å². The van der Waals surface area contributed by atoms with E-state index in [0.29, 0.717) is 29.2 Å². The first-order valence-corrected chi connectivity index (χ1v) is 11.8. The van der Waals surface area contributed by atoms with Gasteiger partial charge in [-0.15, -0.1) is 11.8 Å². The van der Waals surface area contributed by atoms with Gasteiger partial charge in [0.15, 0.2) is 6.61 Å². The van der Waals surface area contributed by atoms with Crippen molar-refractivity contribution in [3.8, 4) is 0 Å². The van der Waals surface area contributed by atoms with Crippen LogP contribution in [-0.4, -0.2) is 36.1 Å². The van der Waals surface area contributed by atoms with Gasteiger partial charge < -0.3 is 20.7 Å². The van der Waals surface area contributed by atoms with E-state index in [4.69, 9.17) is 4.74 Å². The van der Waals surface area contributed by atoms with E-state index < -0.39 is 18.5 Å². The summed E-state index contributed by atoms with van der Waals surface area (Å²) in [4.78, 5) is 50.0. The van der Waals surface area contributed by atoms with Crippen LogP contribution in [0.4, 0.5) is 11.4 Å². The Labute approximate surface area is 206 Å². The molecule has 178 valence electrons. The maximum Gasteiger partial charge on any atom is 0.338 e. The van der Waals surface area contributed by atoms with Gasteiger partial charge in [-0.25, -0.2) is 4.79 Å². The number of carbonyl (C=O) groups is 4. The second-order valence-corrected chi connectivity index (χ2v) is 8.90. The number of benzene rings is 3. The molecule has 0 radical (unpaired) electrons. The lowest BCUT2D eigenvalue weighted by atomic mass is 10.1. The van der Waals surface area contributed by atoms with E-state index in [2.05, 4.69) is 16.0 Å². The van der Waals surface area contributed by atoms with Crippen LogP contribution in [0.1, 0.15) is 31.8 Å². The Morgan fingerprint density at radius 1 is 1.03 bits per heavy atom. The van der Waals surface area contributed by atoms with Crippen molar-refractivity contribution < 1.29 is 23.9 Å². The number of fused-ring (bicyclic) bond motifs is 1. The first-order valence-electron chi connectivity index (χ1n) is 10.9. The highest BCUT2D eigenvalue weighted by atomic mass is 32.2. The third kappa shape index (κ3) is 6.27. The summed E-state index contributed by atoms with van der Waals surface area (Å²) < 4.78 is 5.12. The Morgan fingerprint density at radius 3 is 2.60 bits per heavy atom. The summed E-state index contributed by atoms with van der Waals surface area (Å²) >= 11 is 1.38. The van der Waals surface area contributed by atoms with Crippen molar-refractivity contribution in [2.75, 3.05) is 23.0 Å². The van der Waals surface area contributed by atoms with Crippen LogP contribution in [0, 0.1) is 6.92 Å². The van der Waals surface area contributed by atoms with Gasteiger partial charge in [-0.05, 0) is 42.8 Å². The average Bonchev–Trinajstić information content (AvgIpc) is 2.86. The number of aryl methyl sites for hydroxylation is 1. The maximum atomic E-state index is 12.7. The van der Waals surface area contributed by atoms with Gasteiger partial charge in [0.2, 0.25) is 5.91 Å². The molecule has 8 nitrogen and oxygen atoms in total. The Hall–Kier alpha value is -4.11. The summed E-state index contributed by atoms with van der Waals surface area (Å²) in [6.45, 7) is 1.80. The number of anilines is 2. The zero-order chi connectivity index (χ0) is 24.8. The fourth-order valence-corrected chi connectivity index (χ4v) is 4.17. The number of hydrogen-bond acceptors (Lipinski definition) is 6. The molecule has 3 aromatic carbocycles. The molecule has 0 unspecified atom stereocenters. The molecule has 0 saturated heterocycles. The van der Waals surface area contributed by atoms with E-state index in [9.17, 15) is 19.2 Å². The van der Waals surface area contributed by atoms with Crippen molar-refractivity contribution in [2.45, 2.75) is 18.4 Å². The highest BCUT2D eigenvalue weighted by Gasteiger charge is 2.19. The lowest BCUT2D eigenvalue weighted by Gasteiger charge is -2.16. The minimum Gasteiger partial charge on any atom is -0.452 e. The maximum absolute atomic E-state index is 12.7. The molecule has 0 fully saturated rings. The van der Waals surface area contributed by atoms with E-state index >= 15 is 0 Å². The first-order chi connectivity index (χ1) is 16.9. The molecular formula is C26H23N3O5S. The first kappa shape index (κ1) is 24.0. The lowest BCUT2D eigenvalue weighted by Crippen LogP contribution is -2.26. The molecule has 0 aliphatic carbocycles. The molecular weight excluding hydrogens is 466 g/mol. The zero-order valence-corrected chi connectivity index (χ0v) is 19.7. The van der Waals surface area contributed by atoms with Crippen LogP contribution in [0.25, 0.3) is 0 Å². The van der Waals surface area contributed by atoms with Crippen LogP contribution in [-0.2, 0) is 20.9 Å². The van der Waals surface area contributed by atoms with Crippen LogP contribution in [0.5, 0.6) is 0 Å². The number of ether oxygens (including phenoxy) is 1. The predicted molar refractivity (Wildman–Crippen MR) is 133 cm³/mol. The number of amides is 3. The van der Waals surface area contributed by atoms with Crippen molar-refractivity contribution in [3.63, 3.8) is 0 Å². The molecule has 0 bridgehead atoms. The average molecular weight is 490 g/mol. The molecule has 0 spiro atoms. The minimum absolute atomic E-state index is 0.144. The summed E-state index contributed by atoms with van der Waals surface area (Å²) in [5, 5.41) is 8.17. The second-order valence-electron chi connectivity index (χ2n) is 7.89. The molecule has 0 saturated carbocycles. The normalized spacial score (nSPS) is 12.2. The van der Waals surface area contributed by atoms with Crippen LogP contribution in [0.15, 0.2) is 71.6 Å². The summed E-state index contributed by atoms with van der Waals surface area (Å²) in [6.07, 6.45) is 0. The number of hydrogen-bond donors (Lipinski definition) is 3. The van der Waals surface area contributed by atoms with Crippen molar-refractivity contribution in [2.24, 2.45) is 0 Å². The van der Waals surface area contributed by atoms with E-state index in [1.165, 1.54) is 17.8 Å². The number of carbonyl (C=O) groups excluding carboxylic acids is 4. The summed E-state index contributed by atoms with van der Waals surface area (Å²) in [6, 6.07) is 19.2. The third-order valence-corrected chi connectivity index (χ3v) is 6.28. The van der Waals surface area contributed by atoms with Gasteiger partial charge in [0, 0.05) is 11.4 Å². The fraction of sp³-hybridized carbons (Fsp3) is 0.154. The van der Waals surface area contributed by atoms with Gasteiger partial charge in [0.05, 0.1) is 28.3 Å². The SMILES string of the molecule is Cc1ccc(CNC(=O)c2ccccc2NC(=O)COC(=O)c2ccc3c(c2)NC(=O)CS3)cc1. The van der Waals surface area contributed by atoms with Crippen LogP contribution >= 0.6 is 11.8 Å². The highest BCUT2D eigenvalue weighted by Crippen LogP contribution is 2.32. The van der Waals surface area contributed by atoms with Crippen molar-refractivity contribution in [3.05, 3.63) is 89.0 Å². The Bertz CT molecular complexity index is 1290. The topological polar surface area (TPSA) is 114 Å². The molecule has 3 N–H and O–H groups in total. The van der Waals surface area contributed by atoms with Gasteiger partial charge in [0.1, 0.15) is 0 Å². The Morgan fingerprint density at radius 2 is 1.80 bits per heavy atom. The minimum atomic E-state index is -0.697. The van der Waals surface area contributed by atoms with Crippen molar-refractivity contribution >= 4 is 46.8 Å². The summed E-state index contributed by atoms with van der Waals surface area (Å²) in [5.74, 6) is -1.44. The molecule has 0 atom stereocenters. The number of para-hydroxylation sites is 1. The molecule has 1 aliphatic rings. The molecule has 9 heteroatoms. The number of nitrogens with one attached hydrogen (secondary N) is 3. The lowest BCUT2D eigenvalue weighted by molar-refractivity contribution is -0.119. The molecule has 3 amide bonds. The van der Waals surface area contributed by atoms with E-state index in [-0.39, 0.29) is 17.4 Å². The van der Waals surface area contributed by atoms with E-state index in [1.807, 2.05) is 31.2 Å². The quantitative estimate of drug-likeness (QED) is 0.436. The van der Waals surface area contributed by atoms with Crippen molar-refractivity contribution in [1.29, 1.82) is 0 Å². The monoisotopic (exact) mass is 489 g/mol. The van der Waals surface area contributed by atoms with Gasteiger partial charge >= 0.3 is 5.97 Å². The number of esters is 1. The van der Waals surface area contributed by atoms with E-state index in [0.717, 1.165) is 16.0 Å². The Kier molecular flexibility index (Phi) is 7.47. The fourth-order valence-electron chi connectivity index (χ4n) is 3.38. The van der Waals surface area contributed by atoms with Gasteiger partial charge in [-0.3, -0.25) is 14.4 Å². The zero-order valence-electron chi connectivity index (χ0n) is 18.9. The smallest absolute Gasteiger partial charge is 0.338 e. The predicted octanol–water partition coefficient (Wildman–Crippen LogP) is 3.76. The second kappa shape index (κ2) is 10.9. The third-order valence-electron chi connectivity index (χ3n) is 5.20. The molecule has 3 aromatic rings. The molecule has 0 aromatic heterocycles. The Balaban J connectivity index is 1.33. The van der Waals surface area contributed by atoms with Gasteiger partial charge in [-0.1, -0.05) is 42.0 Å². The highest BCUT2D eigenvalue weighted by molar-refractivity contribution is 8.00.